The molecular formula is C14H21N3O3. The summed E-state index contributed by atoms with van der Waals surface area (Å²) in [6.45, 7) is 5.85. The highest BCUT2D eigenvalue weighted by Crippen LogP contribution is 2.19. The van der Waals surface area contributed by atoms with Crippen LogP contribution >= 0.6 is 0 Å². The number of pyridine rings is 1. The molecule has 2 rings (SSSR count). The summed E-state index contributed by atoms with van der Waals surface area (Å²) in [4.78, 5) is 18.2. The van der Waals surface area contributed by atoms with Crippen LogP contribution in [0.4, 0.5) is 5.82 Å². The van der Waals surface area contributed by atoms with Gasteiger partial charge in [0.1, 0.15) is 5.82 Å². The summed E-state index contributed by atoms with van der Waals surface area (Å²) in [5, 5.41) is 0. The molecule has 20 heavy (non-hydrogen) atoms. The molecule has 0 radical (unpaired) electrons. The molecule has 2 unspecified atom stereocenters. The van der Waals surface area contributed by atoms with Crippen molar-refractivity contribution in [1.29, 1.82) is 0 Å². The Morgan fingerprint density at radius 2 is 2.35 bits per heavy atom. The van der Waals surface area contributed by atoms with Crippen LogP contribution in [0.25, 0.3) is 0 Å². The molecule has 0 spiro atoms. The quantitative estimate of drug-likeness (QED) is 0.822. The van der Waals surface area contributed by atoms with Gasteiger partial charge in [-0.05, 0) is 26.0 Å². The highest BCUT2D eigenvalue weighted by atomic mass is 16.5. The number of hydrogen-bond donors (Lipinski definition) is 1. The Bertz CT molecular complexity index is 491. The summed E-state index contributed by atoms with van der Waals surface area (Å²) in [5.41, 5.74) is 7.04. The van der Waals surface area contributed by atoms with Crippen LogP contribution in [-0.4, -0.2) is 49.9 Å². The van der Waals surface area contributed by atoms with E-state index in [0.29, 0.717) is 24.4 Å². The van der Waals surface area contributed by atoms with Crippen LogP contribution in [0.15, 0.2) is 12.1 Å². The number of rotatable bonds is 3. The first-order chi connectivity index (χ1) is 9.52. The predicted octanol–water partition coefficient (Wildman–Crippen LogP) is 0.729. The van der Waals surface area contributed by atoms with Crippen molar-refractivity contribution in [3.05, 3.63) is 23.4 Å². The topological polar surface area (TPSA) is 77.7 Å². The van der Waals surface area contributed by atoms with Crippen molar-refractivity contribution in [1.82, 2.24) is 4.98 Å². The van der Waals surface area contributed by atoms with E-state index in [4.69, 9.17) is 15.2 Å². The largest absolute Gasteiger partial charge is 0.465 e. The minimum Gasteiger partial charge on any atom is -0.465 e. The van der Waals surface area contributed by atoms with E-state index in [0.717, 1.165) is 12.4 Å². The highest BCUT2D eigenvalue weighted by molar-refractivity contribution is 5.90. The van der Waals surface area contributed by atoms with Gasteiger partial charge in [-0.15, -0.1) is 0 Å². The molecular weight excluding hydrogens is 258 g/mol. The second kappa shape index (κ2) is 6.19. The van der Waals surface area contributed by atoms with Crippen LogP contribution in [0.2, 0.25) is 0 Å². The molecule has 1 aromatic rings. The summed E-state index contributed by atoms with van der Waals surface area (Å²) in [6, 6.07) is 3.57. The van der Waals surface area contributed by atoms with Gasteiger partial charge in [0.25, 0.3) is 0 Å². The zero-order valence-corrected chi connectivity index (χ0v) is 12.1. The SMILES string of the molecule is COC(=O)c1ccc(N2CCOC(C(C)N)C2)nc1C. The fourth-order valence-corrected chi connectivity index (χ4v) is 2.25. The van der Waals surface area contributed by atoms with Crippen LogP contribution < -0.4 is 10.6 Å². The van der Waals surface area contributed by atoms with Crippen LogP contribution in [0, 0.1) is 6.92 Å². The second-order valence-electron chi connectivity index (χ2n) is 5.01. The zero-order valence-electron chi connectivity index (χ0n) is 12.1. The molecule has 0 saturated carbocycles. The maximum atomic E-state index is 11.6. The molecule has 0 bridgehead atoms. The summed E-state index contributed by atoms with van der Waals surface area (Å²) >= 11 is 0. The van der Waals surface area contributed by atoms with Gasteiger partial charge in [0.2, 0.25) is 0 Å². The summed E-state index contributed by atoms with van der Waals surface area (Å²) in [6.07, 6.45) is 0.00568. The number of aromatic nitrogens is 1. The number of hydrogen-bond acceptors (Lipinski definition) is 6. The van der Waals surface area contributed by atoms with Crippen molar-refractivity contribution in [2.24, 2.45) is 5.73 Å². The Balaban J connectivity index is 2.17. The predicted molar refractivity (Wildman–Crippen MR) is 75.9 cm³/mol. The minimum absolute atomic E-state index is 0.00568. The number of nitrogens with zero attached hydrogens (tertiary/aromatic N) is 2. The average molecular weight is 279 g/mol. The van der Waals surface area contributed by atoms with Gasteiger partial charge >= 0.3 is 5.97 Å². The van der Waals surface area contributed by atoms with Gasteiger partial charge in [0.05, 0.1) is 31.1 Å². The van der Waals surface area contributed by atoms with E-state index in [1.165, 1.54) is 7.11 Å². The van der Waals surface area contributed by atoms with E-state index >= 15 is 0 Å². The third kappa shape index (κ3) is 3.08. The van der Waals surface area contributed by atoms with E-state index < -0.39 is 0 Å². The molecule has 2 heterocycles. The normalized spacial score (nSPS) is 20.6. The van der Waals surface area contributed by atoms with Crippen molar-refractivity contribution in [2.45, 2.75) is 26.0 Å². The number of aryl methyl sites for hydroxylation is 1. The molecule has 6 nitrogen and oxygen atoms in total. The van der Waals surface area contributed by atoms with Gasteiger partial charge in [-0.3, -0.25) is 0 Å². The van der Waals surface area contributed by atoms with Gasteiger partial charge in [0, 0.05) is 19.1 Å². The summed E-state index contributed by atoms with van der Waals surface area (Å²) in [7, 11) is 1.37. The van der Waals surface area contributed by atoms with Crippen LogP contribution in [-0.2, 0) is 9.47 Å². The van der Waals surface area contributed by atoms with E-state index in [-0.39, 0.29) is 18.1 Å². The van der Waals surface area contributed by atoms with Crippen LogP contribution in [0.5, 0.6) is 0 Å². The third-order valence-electron chi connectivity index (χ3n) is 3.48. The molecule has 0 aliphatic carbocycles. The average Bonchev–Trinajstić information content (AvgIpc) is 2.46. The fourth-order valence-electron chi connectivity index (χ4n) is 2.25. The zero-order chi connectivity index (χ0) is 14.7. The lowest BCUT2D eigenvalue weighted by Gasteiger charge is -2.35. The molecule has 1 saturated heterocycles. The summed E-state index contributed by atoms with van der Waals surface area (Å²) < 4.78 is 10.4. The Hall–Kier alpha value is -1.66. The molecule has 1 aromatic heterocycles. The van der Waals surface area contributed by atoms with Crippen LogP contribution in [0.1, 0.15) is 23.0 Å². The van der Waals surface area contributed by atoms with Gasteiger partial charge in [-0.2, -0.15) is 0 Å². The van der Waals surface area contributed by atoms with E-state index in [9.17, 15) is 4.79 Å². The number of nitrogens with two attached hydrogens (primary N) is 1. The number of ether oxygens (including phenoxy) is 2. The van der Waals surface area contributed by atoms with Crippen molar-refractivity contribution in [2.75, 3.05) is 31.7 Å². The summed E-state index contributed by atoms with van der Waals surface area (Å²) in [5.74, 6) is 0.473. The molecule has 6 heteroatoms. The van der Waals surface area contributed by atoms with Crippen molar-refractivity contribution < 1.29 is 14.3 Å². The molecule has 2 N–H and O–H groups in total. The molecule has 0 amide bonds. The number of carbonyl (C=O) groups excluding carboxylic acids is 1. The molecule has 1 fully saturated rings. The number of esters is 1. The van der Waals surface area contributed by atoms with Gasteiger partial charge in [-0.25, -0.2) is 9.78 Å². The highest BCUT2D eigenvalue weighted by Gasteiger charge is 2.24. The smallest absolute Gasteiger partial charge is 0.339 e. The first-order valence-corrected chi connectivity index (χ1v) is 6.71. The van der Waals surface area contributed by atoms with Crippen molar-refractivity contribution in [3.8, 4) is 0 Å². The Morgan fingerprint density at radius 1 is 1.60 bits per heavy atom. The maximum absolute atomic E-state index is 11.6. The number of morpholine rings is 1. The maximum Gasteiger partial charge on any atom is 0.339 e. The van der Waals surface area contributed by atoms with Gasteiger partial charge in [-0.1, -0.05) is 0 Å². The monoisotopic (exact) mass is 279 g/mol. The lowest BCUT2D eigenvalue weighted by Crippen LogP contribution is -2.49. The minimum atomic E-state index is -0.364. The Labute approximate surface area is 118 Å². The Kier molecular flexibility index (Phi) is 4.57. The number of methoxy groups -OCH3 is 1. The number of carbonyl (C=O) groups is 1. The van der Waals surface area contributed by atoms with Gasteiger partial charge in [0.15, 0.2) is 0 Å². The van der Waals surface area contributed by atoms with E-state index in [2.05, 4.69) is 9.88 Å². The lowest BCUT2D eigenvalue weighted by atomic mass is 10.1. The molecule has 1 aliphatic rings. The first kappa shape index (κ1) is 14.7. The molecule has 1 aliphatic heterocycles. The van der Waals surface area contributed by atoms with E-state index in [1.54, 1.807) is 13.0 Å². The Morgan fingerprint density at radius 3 is 2.95 bits per heavy atom. The molecule has 2 atom stereocenters. The van der Waals surface area contributed by atoms with Crippen molar-refractivity contribution in [3.63, 3.8) is 0 Å². The lowest BCUT2D eigenvalue weighted by molar-refractivity contribution is 0.0273. The second-order valence-corrected chi connectivity index (χ2v) is 5.01. The van der Waals surface area contributed by atoms with Gasteiger partial charge < -0.3 is 20.1 Å². The van der Waals surface area contributed by atoms with Crippen LogP contribution in [0.3, 0.4) is 0 Å². The fraction of sp³-hybridized carbons (Fsp3) is 0.571. The van der Waals surface area contributed by atoms with Crippen molar-refractivity contribution >= 4 is 11.8 Å². The van der Waals surface area contributed by atoms with E-state index in [1.807, 2.05) is 13.0 Å². The standard InChI is InChI=1S/C14H21N3O3/c1-9(15)12-8-17(6-7-20-12)13-5-4-11(10(2)16-13)14(18)19-3/h4-5,9,12H,6-8,15H2,1-3H3. The molecule has 110 valence electrons. The third-order valence-corrected chi connectivity index (χ3v) is 3.48. The number of anilines is 1. The molecule has 0 aromatic carbocycles. The first-order valence-electron chi connectivity index (χ1n) is 6.71.